The summed E-state index contributed by atoms with van der Waals surface area (Å²) in [5.74, 6) is -0.0631. The van der Waals surface area contributed by atoms with Gasteiger partial charge >= 0.3 is 0 Å². The molecule has 1 saturated heterocycles. The highest BCUT2D eigenvalue weighted by Crippen LogP contribution is 2.26. The second-order valence-corrected chi connectivity index (χ2v) is 7.88. The number of amides is 3. The number of carbonyl (C=O) groups is 3. The van der Waals surface area contributed by atoms with Crippen molar-refractivity contribution >= 4 is 34.9 Å². The van der Waals surface area contributed by atoms with E-state index in [2.05, 4.69) is 10.6 Å². The number of ether oxygens (including phenoxy) is 1. The predicted molar refractivity (Wildman–Crippen MR) is 115 cm³/mol. The molecule has 0 aromatic heterocycles. The number of aromatic hydroxyl groups is 1. The maximum Gasteiger partial charge on any atom is 0.286 e. The Morgan fingerprint density at radius 3 is 2.60 bits per heavy atom. The fourth-order valence-corrected chi connectivity index (χ4v) is 3.80. The first kappa shape index (κ1) is 21.4. The van der Waals surface area contributed by atoms with Crippen molar-refractivity contribution in [3.8, 4) is 11.5 Å². The van der Waals surface area contributed by atoms with E-state index in [0.29, 0.717) is 25.1 Å². The first-order valence-corrected chi connectivity index (χ1v) is 10.2. The fraction of sp³-hybridized carbons (Fsp3) is 0.227. The SMILES string of the molecule is COc1cc(/C=C/C(=O)NCCc2ccc(CC3SC(=O)NC3=O)cc2)ccc1O. The van der Waals surface area contributed by atoms with Crippen LogP contribution < -0.4 is 15.4 Å². The summed E-state index contributed by atoms with van der Waals surface area (Å²) in [6.07, 6.45) is 4.25. The van der Waals surface area contributed by atoms with E-state index in [1.54, 1.807) is 18.2 Å². The highest BCUT2D eigenvalue weighted by atomic mass is 32.2. The van der Waals surface area contributed by atoms with Crippen molar-refractivity contribution in [2.75, 3.05) is 13.7 Å². The maximum atomic E-state index is 12.0. The molecule has 1 atom stereocenters. The van der Waals surface area contributed by atoms with Crippen LogP contribution in [-0.2, 0) is 22.4 Å². The molecule has 1 fully saturated rings. The number of phenols is 1. The van der Waals surface area contributed by atoms with E-state index in [0.717, 1.165) is 28.5 Å². The summed E-state index contributed by atoms with van der Waals surface area (Å²) in [7, 11) is 1.47. The first-order valence-electron chi connectivity index (χ1n) is 9.37. The van der Waals surface area contributed by atoms with Crippen LogP contribution in [0.4, 0.5) is 4.79 Å². The van der Waals surface area contributed by atoms with Crippen molar-refractivity contribution in [3.63, 3.8) is 0 Å². The Morgan fingerprint density at radius 1 is 1.20 bits per heavy atom. The summed E-state index contributed by atoms with van der Waals surface area (Å²) in [5.41, 5.74) is 2.79. The van der Waals surface area contributed by atoms with Crippen LogP contribution in [-0.4, -0.2) is 41.1 Å². The van der Waals surface area contributed by atoms with Crippen molar-refractivity contribution < 1.29 is 24.2 Å². The van der Waals surface area contributed by atoms with E-state index < -0.39 is 0 Å². The van der Waals surface area contributed by atoms with E-state index in [-0.39, 0.29) is 28.1 Å². The van der Waals surface area contributed by atoms with Crippen molar-refractivity contribution in [1.29, 1.82) is 0 Å². The average Bonchev–Trinajstić information content (AvgIpc) is 3.05. The van der Waals surface area contributed by atoms with Crippen LogP contribution >= 0.6 is 11.8 Å². The van der Waals surface area contributed by atoms with Gasteiger partial charge in [-0.15, -0.1) is 0 Å². The van der Waals surface area contributed by atoms with Crippen molar-refractivity contribution in [2.45, 2.75) is 18.1 Å². The lowest BCUT2D eigenvalue weighted by molar-refractivity contribution is -0.119. The monoisotopic (exact) mass is 426 g/mol. The summed E-state index contributed by atoms with van der Waals surface area (Å²) >= 11 is 1.02. The van der Waals surface area contributed by atoms with Crippen LogP contribution in [0.15, 0.2) is 48.5 Å². The molecule has 0 spiro atoms. The number of imide groups is 1. The summed E-state index contributed by atoms with van der Waals surface area (Å²) in [6.45, 7) is 0.483. The van der Waals surface area contributed by atoms with Gasteiger partial charge < -0.3 is 15.2 Å². The van der Waals surface area contributed by atoms with Gasteiger partial charge in [-0.05, 0) is 47.7 Å². The number of nitrogens with one attached hydrogen (secondary N) is 2. The molecular formula is C22H22N2O5S. The summed E-state index contributed by atoms with van der Waals surface area (Å²) in [6, 6.07) is 12.6. The van der Waals surface area contributed by atoms with Gasteiger partial charge in [-0.2, -0.15) is 0 Å². The van der Waals surface area contributed by atoms with Gasteiger partial charge in [0.1, 0.15) is 0 Å². The topological polar surface area (TPSA) is 105 Å². The lowest BCUT2D eigenvalue weighted by Gasteiger charge is -2.07. The minimum absolute atomic E-state index is 0.0453. The molecule has 0 aliphatic carbocycles. The Labute approximate surface area is 178 Å². The van der Waals surface area contributed by atoms with E-state index in [9.17, 15) is 19.5 Å². The van der Waals surface area contributed by atoms with Crippen LogP contribution in [0.25, 0.3) is 6.08 Å². The van der Waals surface area contributed by atoms with Gasteiger partial charge in [0.15, 0.2) is 11.5 Å². The van der Waals surface area contributed by atoms with Crippen LogP contribution in [0, 0.1) is 0 Å². The molecule has 156 valence electrons. The average molecular weight is 426 g/mol. The third kappa shape index (κ3) is 5.87. The Morgan fingerprint density at radius 2 is 1.93 bits per heavy atom. The van der Waals surface area contributed by atoms with E-state index in [4.69, 9.17) is 4.74 Å². The number of hydrogen-bond acceptors (Lipinski definition) is 6. The molecule has 0 saturated carbocycles. The zero-order valence-corrected chi connectivity index (χ0v) is 17.2. The maximum absolute atomic E-state index is 12.0. The first-order chi connectivity index (χ1) is 14.4. The Balaban J connectivity index is 1.44. The van der Waals surface area contributed by atoms with Crippen molar-refractivity contribution in [3.05, 3.63) is 65.2 Å². The molecule has 2 aromatic carbocycles. The van der Waals surface area contributed by atoms with Crippen LogP contribution in [0.3, 0.4) is 0 Å². The number of rotatable bonds is 8. The summed E-state index contributed by atoms with van der Waals surface area (Å²) in [4.78, 5) is 34.8. The molecule has 0 radical (unpaired) electrons. The van der Waals surface area contributed by atoms with Crippen molar-refractivity contribution in [1.82, 2.24) is 10.6 Å². The predicted octanol–water partition coefficient (Wildman–Crippen LogP) is 2.67. The normalized spacial score (nSPS) is 16.0. The molecule has 30 heavy (non-hydrogen) atoms. The molecule has 1 unspecified atom stereocenters. The van der Waals surface area contributed by atoms with Crippen LogP contribution in [0.2, 0.25) is 0 Å². The molecule has 1 aliphatic heterocycles. The molecule has 3 rings (SSSR count). The Kier molecular flexibility index (Phi) is 7.13. The molecule has 1 aliphatic rings. The van der Waals surface area contributed by atoms with Gasteiger partial charge in [-0.1, -0.05) is 42.1 Å². The fourth-order valence-electron chi connectivity index (χ4n) is 2.94. The second kappa shape index (κ2) is 9.98. The quantitative estimate of drug-likeness (QED) is 0.561. The molecule has 2 aromatic rings. The van der Waals surface area contributed by atoms with Crippen molar-refractivity contribution in [2.24, 2.45) is 0 Å². The smallest absolute Gasteiger partial charge is 0.286 e. The van der Waals surface area contributed by atoms with E-state index in [1.807, 2.05) is 24.3 Å². The molecule has 1 heterocycles. The summed E-state index contributed by atoms with van der Waals surface area (Å²) < 4.78 is 5.04. The van der Waals surface area contributed by atoms with Crippen LogP contribution in [0.1, 0.15) is 16.7 Å². The van der Waals surface area contributed by atoms with Gasteiger partial charge in [0.2, 0.25) is 11.8 Å². The third-order valence-electron chi connectivity index (χ3n) is 4.55. The number of carbonyl (C=O) groups excluding carboxylic acids is 3. The van der Waals surface area contributed by atoms with Gasteiger partial charge in [-0.25, -0.2) is 0 Å². The lowest BCUT2D eigenvalue weighted by atomic mass is 10.1. The highest BCUT2D eigenvalue weighted by Gasteiger charge is 2.31. The number of phenolic OH excluding ortho intramolecular Hbond substituents is 1. The van der Waals surface area contributed by atoms with E-state index in [1.165, 1.54) is 19.3 Å². The van der Waals surface area contributed by atoms with Crippen LogP contribution in [0.5, 0.6) is 11.5 Å². The molecule has 0 bridgehead atoms. The second-order valence-electron chi connectivity index (χ2n) is 6.71. The molecular weight excluding hydrogens is 404 g/mol. The number of hydrogen-bond donors (Lipinski definition) is 3. The zero-order valence-electron chi connectivity index (χ0n) is 16.4. The molecule has 3 N–H and O–H groups in total. The highest BCUT2D eigenvalue weighted by molar-refractivity contribution is 8.15. The zero-order chi connectivity index (χ0) is 21.5. The molecule has 3 amide bonds. The third-order valence-corrected chi connectivity index (χ3v) is 5.54. The minimum atomic E-state index is -0.372. The van der Waals surface area contributed by atoms with E-state index >= 15 is 0 Å². The Bertz CT molecular complexity index is 972. The Hall–Kier alpha value is -3.26. The molecule has 7 nitrogen and oxygen atoms in total. The van der Waals surface area contributed by atoms with Gasteiger partial charge in [0.25, 0.3) is 5.24 Å². The number of thioether (sulfide) groups is 1. The molecule has 8 heteroatoms. The van der Waals surface area contributed by atoms with Gasteiger partial charge in [-0.3, -0.25) is 19.7 Å². The largest absolute Gasteiger partial charge is 0.504 e. The van der Waals surface area contributed by atoms with Gasteiger partial charge in [0, 0.05) is 12.6 Å². The number of benzene rings is 2. The minimum Gasteiger partial charge on any atom is -0.504 e. The lowest BCUT2D eigenvalue weighted by Crippen LogP contribution is -2.25. The summed E-state index contributed by atoms with van der Waals surface area (Å²) in [5, 5.41) is 14.0. The standard InChI is InChI=1S/C22H22N2O5S/c1-29-18-12-15(6-8-17(18)25)7-9-20(26)23-11-10-14-2-4-16(5-3-14)13-19-21(27)24-22(28)30-19/h2-9,12,19,25H,10-11,13H2,1H3,(H,23,26)(H,24,27,28)/b9-7+. The van der Waals surface area contributed by atoms with Gasteiger partial charge in [0.05, 0.1) is 12.4 Å². The number of methoxy groups -OCH3 is 1.